The number of fused-ring (bicyclic) bond motifs is 2. The molecule has 5 amide bonds. The van der Waals surface area contributed by atoms with Gasteiger partial charge >= 0.3 is 12.1 Å². The molecule has 0 radical (unpaired) electrons. The third-order valence-corrected chi connectivity index (χ3v) is 11.8. The van der Waals surface area contributed by atoms with Crippen molar-refractivity contribution in [2.24, 2.45) is 11.7 Å². The molecule has 366 valence electrons. The molecule has 0 saturated carbocycles. The summed E-state index contributed by atoms with van der Waals surface area (Å²) < 4.78 is 31.7. The third kappa shape index (κ3) is 14.3. The Balaban J connectivity index is 0.00000118. The molecule has 1 saturated heterocycles. The number of nitrogens with one attached hydrogen (secondary N) is 5. The quantitative estimate of drug-likeness (QED) is 0.0585. The van der Waals surface area contributed by atoms with E-state index in [1.807, 2.05) is 74.5 Å². The van der Waals surface area contributed by atoms with Gasteiger partial charge in [0.05, 0.1) is 18.2 Å². The molecule has 0 aromatic heterocycles. The predicted molar refractivity (Wildman–Crippen MR) is 249 cm³/mol. The van der Waals surface area contributed by atoms with Crippen LogP contribution in [0, 0.1) is 5.92 Å². The number of nitrogens with two attached hydrogens (primary N) is 1. The van der Waals surface area contributed by atoms with Crippen LogP contribution in [0.25, 0.3) is 0 Å². The van der Waals surface area contributed by atoms with Gasteiger partial charge in [0, 0.05) is 48.4 Å². The summed E-state index contributed by atoms with van der Waals surface area (Å²) in [5.74, 6) is -5.82. The lowest BCUT2D eigenvalue weighted by atomic mass is 9.83. The summed E-state index contributed by atoms with van der Waals surface area (Å²) in [6.45, 7) is 4.29. The number of carbonyl (C=O) groups excluding carboxylic acids is 7. The molecule has 8 N–H and O–H groups in total. The molecule has 1 fully saturated rings. The maximum Gasteiger partial charge on any atom is 0.490 e. The van der Waals surface area contributed by atoms with E-state index >= 15 is 0 Å². The van der Waals surface area contributed by atoms with Crippen LogP contribution in [0.5, 0.6) is 0 Å². The molecule has 6 rings (SSSR count). The Morgan fingerprint density at radius 1 is 0.754 bits per heavy atom. The second-order valence-electron chi connectivity index (χ2n) is 16.7. The Bertz CT molecular complexity index is 2490. The fourth-order valence-electron chi connectivity index (χ4n) is 7.93. The number of benzene rings is 4. The van der Waals surface area contributed by atoms with Gasteiger partial charge in [-0.1, -0.05) is 117 Å². The van der Waals surface area contributed by atoms with E-state index in [2.05, 4.69) is 26.6 Å². The normalized spacial score (nSPS) is 15.7. The van der Waals surface area contributed by atoms with E-state index in [9.17, 15) is 46.7 Å². The zero-order valence-corrected chi connectivity index (χ0v) is 38.1. The van der Waals surface area contributed by atoms with Crippen molar-refractivity contribution in [2.75, 3.05) is 31.5 Å². The number of amides is 5. The number of nitrogens with zero attached hydrogens (tertiary/aromatic N) is 1. The van der Waals surface area contributed by atoms with E-state index in [1.165, 1.54) is 4.90 Å². The van der Waals surface area contributed by atoms with Crippen LogP contribution in [-0.2, 0) is 41.6 Å². The molecule has 0 bridgehead atoms. The molecule has 19 heteroatoms. The van der Waals surface area contributed by atoms with E-state index in [1.54, 1.807) is 42.5 Å². The van der Waals surface area contributed by atoms with Crippen LogP contribution < -0.4 is 32.3 Å². The van der Waals surface area contributed by atoms with Crippen molar-refractivity contribution in [3.63, 3.8) is 0 Å². The minimum absolute atomic E-state index is 0.156. The van der Waals surface area contributed by atoms with Crippen LogP contribution in [0.1, 0.15) is 82.5 Å². The van der Waals surface area contributed by atoms with Gasteiger partial charge in [0.2, 0.25) is 29.5 Å². The first-order valence-electron chi connectivity index (χ1n) is 22.6. The largest absolute Gasteiger partial charge is 0.490 e. The Morgan fingerprint density at radius 2 is 1.33 bits per heavy atom. The lowest BCUT2D eigenvalue weighted by molar-refractivity contribution is -0.192. The first-order valence-corrected chi connectivity index (χ1v) is 22.6. The molecule has 0 spiro atoms. The van der Waals surface area contributed by atoms with Gasteiger partial charge in [0.1, 0.15) is 18.1 Å². The molecule has 16 nitrogen and oxygen atoms in total. The number of ketones is 2. The third-order valence-electron chi connectivity index (χ3n) is 11.8. The molecule has 4 aromatic rings. The maximum absolute atomic E-state index is 14.2. The second kappa shape index (κ2) is 24.6. The highest BCUT2D eigenvalue weighted by Crippen LogP contribution is 2.32. The summed E-state index contributed by atoms with van der Waals surface area (Å²) in [6.07, 6.45) is -2.52. The number of likely N-dealkylation sites (tertiary alicyclic amines) is 1. The van der Waals surface area contributed by atoms with E-state index in [0.717, 1.165) is 11.1 Å². The molecule has 1 unspecified atom stereocenters. The lowest BCUT2D eigenvalue weighted by Crippen LogP contribution is -2.57. The number of hydrogen-bond donors (Lipinski definition) is 7. The lowest BCUT2D eigenvalue weighted by Gasteiger charge is -2.29. The van der Waals surface area contributed by atoms with Crippen molar-refractivity contribution in [2.45, 2.75) is 82.7 Å². The molecular weight excluding hydrogens is 900 g/mol. The number of carboxylic acid groups (broad SMARTS) is 1. The smallest absolute Gasteiger partial charge is 0.475 e. The second-order valence-corrected chi connectivity index (χ2v) is 16.7. The van der Waals surface area contributed by atoms with E-state index < -0.39 is 66.5 Å². The SMILES string of the molecule is CCC(C)[C@H](NC(=O)[C@@H](N)Cc1ccccc1)C(=O)NCC(=O)N[C@@H](Cc1ccccc1)C(=O)N1CCC[C@@H]1C(=O)NCCCNc1cccc2c1C(=O)c1ccccc1C2=O.O=C(O)C(F)(F)F. The van der Waals surface area contributed by atoms with Gasteiger partial charge in [-0.2, -0.15) is 13.2 Å². The number of anilines is 1. The Morgan fingerprint density at radius 3 is 1.94 bits per heavy atom. The molecular formula is C50H56F3N7O9. The summed E-state index contributed by atoms with van der Waals surface area (Å²) in [7, 11) is 0. The number of carbonyl (C=O) groups is 8. The summed E-state index contributed by atoms with van der Waals surface area (Å²) in [6, 6.07) is 26.8. The Labute approximate surface area is 397 Å². The summed E-state index contributed by atoms with van der Waals surface area (Å²) >= 11 is 0. The van der Waals surface area contributed by atoms with Crippen LogP contribution >= 0.6 is 0 Å². The van der Waals surface area contributed by atoms with E-state index in [4.69, 9.17) is 15.6 Å². The van der Waals surface area contributed by atoms with Gasteiger partial charge in [0.15, 0.2) is 11.6 Å². The van der Waals surface area contributed by atoms with Crippen LogP contribution in [-0.4, -0.2) is 114 Å². The van der Waals surface area contributed by atoms with Crippen LogP contribution in [0.3, 0.4) is 0 Å². The van der Waals surface area contributed by atoms with Crippen molar-refractivity contribution in [3.05, 3.63) is 137 Å². The highest BCUT2D eigenvalue weighted by Gasteiger charge is 2.39. The average Bonchev–Trinajstić information content (AvgIpc) is 3.84. The highest BCUT2D eigenvalue weighted by atomic mass is 19.4. The van der Waals surface area contributed by atoms with Crippen LogP contribution in [0.2, 0.25) is 0 Å². The minimum Gasteiger partial charge on any atom is -0.475 e. The molecule has 2 aliphatic rings. The van der Waals surface area contributed by atoms with Crippen LogP contribution in [0.15, 0.2) is 103 Å². The molecule has 4 aromatic carbocycles. The number of alkyl halides is 3. The topological polar surface area (TPSA) is 246 Å². The summed E-state index contributed by atoms with van der Waals surface area (Å²) in [4.78, 5) is 105. The summed E-state index contributed by atoms with van der Waals surface area (Å²) in [5.41, 5.74) is 9.85. The zero-order chi connectivity index (χ0) is 50.3. The minimum atomic E-state index is -5.08. The fraction of sp³-hybridized carbons (Fsp3) is 0.360. The number of aliphatic carboxylic acids is 1. The van der Waals surface area contributed by atoms with Gasteiger partial charge in [-0.15, -0.1) is 0 Å². The van der Waals surface area contributed by atoms with E-state index in [0.29, 0.717) is 73.1 Å². The number of carboxylic acids is 1. The fourth-order valence-corrected chi connectivity index (χ4v) is 7.93. The zero-order valence-electron chi connectivity index (χ0n) is 38.1. The highest BCUT2D eigenvalue weighted by molar-refractivity contribution is 6.30. The number of rotatable bonds is 19. The molecule has 1 heterocycles. The van der Waals surface area contributed by atoms with Crippen molar-refractivity contribution in [1.82, 2.24) is 26.2 Å². The van der Waals surface area contributed by atoms with Gasteiger partial charge < -0.3 is 42.3 Å². The number of hydrogen-bond acceptors (Lipinski definition) is 10. The monoisotopic (exact) mass is 955 g/mol. The predicted octanol–water partition coefficient (Wildman–Crippen LogP) is 3.95. The maximum atomic E-state index is 14.2. The van der Waals surface area contributed by atoms with Crippen LogP contribution in [0.4, 0.5) is 18.9 Å². The standard InChI is InChI=1S/C48H55N7O7.C2HF3O2/c1-3-30(2)42(54-45(59)36(49)27-31-15-6-4-7-16-31)47(61)52-29-40(56)53-38(28-32-17-8-5-9-18-32)48(62)55-26-13-23-39(55)46(60)51-25-14-24-50-37-22-12-21-35-41(37)44(58)34-20-11-10-19-33(34)43(35)57;3-2(4,5)1(6)7/h4-12,15-22,30,36,38-39,42,50H,3,13-14,23-29,49H2,1-2H3,(H,51,60)(H,52,61)(H,53,56)(H,54,59);(H,6,7)/t30?,36-,38-,39+,42-;/m0./s1. The van der Waals surface area contributed by atoms with Crippen molar-refractivity contribution >= 4 is 52.8 Å². The first kappa shape index (κ1) is 52.6. The van der Waals surface area contributed by atoms with Gasteiger partial charge in [0.25, 0.3) is 0 Å². The Kier molecular flexibility index (Phi) is 18.7. The van der Waals surface area contributed by atoms with Gasteiger partial charge in [-0.25, -0.2) is 4.79 Å². The number of halogens is 3. The molecule has 5 atom stereocenters. The Hall–Kier alpha value is -7.41. The van der Waals surface area contributed by atoms with E-state index in [-0.39, 0.29) is 36.4 Å². The molecule has 1 aliphatic carbocycles. The summed E-state index contributed by atoms with van der Waals surface area (Å²) in [5, 5.41) is 21.5. The van der Waals surface area contributed by atoms with Gasteiger partial charge in [-0.05, 0) is 48.8 Å². The molecule has 1 aliphatic heterocycles. The van der Waals surface area contributed by atoms with Gasteiger partial charge in [-0.3, -0.25) is 33.6 Å². The van der Waals surface area contributed by atoms with Crippen molar-refractivity contribution < 1.29 is 56.6 Å². The van der Waals surface area contributed by atoms with Crippen molar-refractivity contribution in [1.29, 1.82) is 0 Å². The average molecular weight is 956 g/mol. The molecule has 69 heavy (non-hydrogen) atoms. The first-order chi connectivity index (χ1) is 32.9. The van der Waals surface area contributed by atoms with Crippen molar-refractivity contribution in [3.8, 4) is 0 Å².